The molecule has 0 aliphatic rings. The third-order valence-corrected chi connectivity index (χ3v) is 3.01. The summed E-state index contributed by atoms with van der Waals surface area (Å²) in [5.41, 5.74) is 1.40. The van der Waals surface area contributed by atoms with Crippen molar-refractivity contribution in [3.8, 4) is 0 Å². The molecule has 0 aromatic carbocycles. The van der Waals surface area contributed by atoms with Gasteiger partial charge in [-0.15, -0.1) is 11.3 Å². The molecule has 0 radical (unpaired) electrons. The second-order valence-corrected chi connectivity index (χ2v) is 4.51. The van der Waals surface area contributed by atoms with E-state index >= 15 is 0 Å². The van der Waals surface area contributed by atoms with E-state index in [2.05, 4.69) is 42.7 Å². The Kier molecular flexibility index (Phi) is 11.1. The second kappa shape index (κ2) is 9.43. The molecular weight excluding hydrogens is 251 g/mol. The van der Waals surface area contributed by atoms with E-state index in [9.17, 15) is 0 Å². The second-order valence-electron chi connectivity index (χ2n) is 3.51. The monoisotopic (exact) mass is 268 g/mol. The summed E-state index contributed by atoms with van der Waals surface area (Å²) in [6.07, 6.45) is 0. The molecule has 0 amide bonds. The van der Waals surface area contributed by atoms with Gasteiger partial charge < -0.3 is 35.0 Å². The number of hydrogen-bond donors (Lipinski definition) is 1. The highest BCUT2D eigenvalue weighted by Gasteiger charge is 1.98. The quantitative estimate of drug-likeness (QED) is 0.544. The van der Waals surface area contributed by atoms with Gasteiger partial charge in [0.15, 0.2) is 0 Å². The molecule has 0 bridgehead atoms. The normalized spacial score (nSPS) is 9.60. The van der Waals surface area contributed by atoms with Crippen molar-refractivity contribution in [2.24, 2.45) is 0 Å². The van der Waals surface area contributed by atoms with Gasteiger partial charge in [0.25, 0.3) is 0 Å². The largest absolute Gasteiger partial charge is 1.00 e. The lowest BCUT2D eigenvalue weighted by atomic mass is 10.3. The molecule has 1 heterocycles. The zero-order valence-corrected chi connectivity index (χ0v) is 11.7. The average Bonchev–Trinajstić information content (AvgIpc) is 2.45. The maximum atomic E-state index is 3.43. The van der Waals surface area contributed by atoms with E-state index in [0.29, 0.717) is 0 Å². The van der Waals surface area contributed by atoms with Crippen molar-refractivity contribution < 1.29 is 24.8 Å². The zero-order chi connectivity index (χ0) is 9.68. The van der Waals surface area contributed by atoms with Crippen molar-refractivity contribution in [1.29, 1.82) is 0 Å². The van der Waals surface area contributed by atoms with Gasteiger partial charge in [-0.2, -0.15) is 0 Å². The third-order valence-electron chi connectivity index (χ3n) is 1.99. The summed E-state index contributed by atoms with van der Waals surface area (Å²) in [6, 6.07) is 2.17. The number of likely N-dealkylation sites (N-methyl/N-ethyl adjacent to an activating group) is 1. The van der Waals surface area contributed by atoms with Crippen LogP contribution in [0.3, 0.4) is 0 Å². The summed E-state index contributed by atoms with van der Waals surface area (Å²) in [5, 5.41) is 5.58. The lowest BCUT2D eigenvalue weighted by Crippen LogP contribution is -3.00. The van der Waals surface area contributed by atoms with Gasteiger partial charge >= 0.3 is 0 Å². The molecule has 90 valence electrons. The standard InChI is InChI=1S/C10H18N2S.2ClH/c1-9-4-7-13-10(9)8-11-5-6-12(2)3;;/h4,7,11H,5-6,8H2,1-3H3;2*1H/p-2. The van der Waals surface area contributed by atoms with Crippen LogP contribution in [0.2, 0.25) is 0 Å². The molecule has 0 spiro atoms. The van der Waals surface area contributed by atoms with Crippen LogP contribution in [-0.2, 0) is 6.54 Å². The maximum absolute atomic E-state index is 3.43. The number of thiophene rings is 1. The first kappa shape index (κ1) is 17.6. The Morgan fingerprint density at radius 3 is 2.47 bits per heavy atom. The third kappa shape index (κ3) is 7.14. The molecule has 0 saturated carbocycles. The Morgan fingerprint density at radius 1 is 1.33 bits per heavy atom. The molecule has 0 aliphatic carbocycles. The minimum atomic E-state index is 0. The van der Waals surface area contributed by atoms with Gasteiger partial charge in [-0.3, -0.25) is 0 Å². The lowest BCUT2D eigenvalue weighted by Gasteiger charge is -2.09. The van der Waals surface area contributed by atoms with Gasteiger partial charge in [0.2, 0.25) is 0 Å². The van der Waals surface area contributed by atoms with Crippen molar-refractivity contribution in [3.63, 3.8) is 0 Å². The van der Waals surface area contributed by atoms with Crippen LogP contribution >= 0.6 is 11.3 Å². The number of nitrogens with one attached hydrogen (secondary N) is 1. The maximum Gasteiger partial charge on any atom is 0.0302 e. The van der Waals surface area contributed by atoms with Crippen LogP contribution in [0, 0.1) is 6.92 Å². The Balaban J connectivity index is 0. The van der Waals surface area contributed by atoms with E-state index in [1.807, 2.05) is 11.3 Å². The first-order valence-corrected chi connectivity index (χ1v) is 5.46. The van der Waals surface area contributed by atoms with E-state index in [4.69, 9.17) is 0 Å². The summed E-state index contributed by atoms with van der Waals surface area (Å²) < 4.78 is 0. The summed E-state index contributed by atoms with van der Waals surface area (Å²) in [4.78, 5) is 3.65. The fourth-order valence-electron chi connectivity index (χ4n) is 1.09. The molecule has 1 rings (SSSR count). The molecule has 0 fully saturated rings. The van der Waals surface area contributed by atoms with Crippen LogP contribution in [0.4, 0.5) is 0 Å². The molecule has 5 heteroatoms. The van der Waals surface area contributed by atoms with E-state index in [1.165, 1.54) is 10.4 Å². The van der Waals surface area contributed by atoms with Crippen molar-refractivity contribution in [1.82, 2.24) is 10.2 Å². The molecule has 1 aromatic heterocycles. The Morgan fingerprint density at radius 2 is 2.00 bits per heavy atom. The van der Waals surface area contributed by atoms with Crippen LogP contribution in [0.5, 0.6) is 0 Å². The van der Waals surface area contributed by atoms with E-state index in [-0.39, 0.29) is 24.8 Å². The SMILES string of the molecule is Cc1ccsc1CNCCN(C)C.[Cl-].[Cl-]. The molecule has 2 nitrogen and oxygen atoms in total. The Bertz CT molecular complexity index is 251. The highest BCUT2D eigenvalue weighted by atomic mass is 35.5. The van der Waals surface area contributed by atoms with Crippen molar-refractivity contribution >= 4 is 11.3 Å². The van der Waals surface area contributed by atoms with Crippen LogP contribution in [0.25, 0.3) is 0 Å². The fourth-order valence-corrected chi connectivity index (χ4v) is 1.97. The molecular formula is C10H18Cl2N2S-2. The van der Waals surface area contributed by atoms with Gasteiger partial charge in [0.1, 0.15) is 0 Å². The number of rotatable bonds is 5. The number of hydrogen-bond acceptors (Lipinski definition) is 3. The number of aryl methyl sites for hydroxylation is 1. The lowest BCUT2D eigenvalue weighted by molar-refractivity contribution is -0.001000. The highest BCUT2D eigenvalue weighted by molar-refractivity contribution is 7.10. The summed E-state index contributed by atoms with van der Waals surface area (Å²) >= 11 is 1.83. The van der Waals surface area contributed by atoms with Crippen molar-refractivity contribution in [2.75, 3.05) is 27.2 Å². The first-order chi connectivity index (χ1) is 6.20. The topological polar surface area (TPSA) is 15.3 Å². The van der Waals surface area contributed by atoms with E-state index in [0.717, 1.165) is 19.6 Å². The average molecular weight is 269 g/mol. The Labute approximate surface area is 109 Å². The van der Waals surface area contributed by atoms with Crippen LogP contribution in [0.15, 0.2) is 11.4 Å². The molecule has 0 aliphatic heterocycles. The van der Waals surface area contributed by atoms with Gasteiger partial charge in [-0.05, 0) is 38.0 Å². The van der Waals surface area contributed by atoms with E-state index < -0.39 is 0 Å². The summed E-state index contributed by atoms with van der Waals surface area (Å²) in [6.45, 7) is 5.34. The number of nitrogens with zero attached hydrogens (tertiary/aromatic N) is 1. The van der Waals surface area contributed by atoms with Crippen molar-refractivity contribution in [2.45, 2.75) is 13.5 Å². The van der Waals surface area contributed by atoms with Crippen molar-refractivity contribution in [3.05, 3.63) is 21.9 Å². The minimum absolute atomic E-state index is 0. The highest BCUT2D eigenvalue weighted by Crippen LogP contribution is 2.14. The van der Waals surface area contributed by atoms with Gasteiger partial charge in [0.05, 0.1) is 0 Å². The molecule has 1 aromatic rings. The summed E-state index contributed by atoms with van der Waals surface area (Å²) in [7, 11) is 4.19. The zero-order valence-electron chi connectivity index (χ0n) is 9.39. The van der Waals surface area contributed by atoms with Gasteiger partial charge in [-0.1, -0.05) is 0 Å². The molecule has 0 unspecified atom stereocenters. The summed E-state index contributed by atoms with van der Waals surface area (Å²) in [5.74, 6) is 0. The predicted octanol–water partition coefficient (Wildman–Crippen LogP) is -4.28. The van der Waals surface area contributed by atoms with Crippen LogP contribution in [0.1, 0.15) is 10.4 Å². The first-order valence-electron chi connectivity index (χ1n) is 4.58. The predicted molar refractivity (Wildman–Crippen MR) is 59.3 cm³/mol. The van der Waals surface area contributed by atoms with Crippen LogP contribution in [-0.4, -0.2) is 32.1 Å². The molecule has 0 atom stereocenters. The fraction of sp³-hybridized carbons (Fsp3) is 0.600. The van der Waals surface area contributed by atoms with E-state index in [1.54, 1.807) is 0 Å². The molecule has 0 saturated heterocycles. The molecule has 1 N–H and O–H groups in total. The van der Waals surface area contributed by atoms with Crippen LogP contribution < -0.4 is 30.1 Å². The molecule has 15 heavy (non-hydrogen) atoms. The Hall–Kier alpha value is 0.200. The van der Waals surface area contributed by atoms with Gasteiger partial charge in [-0.25, -0.2) is 0 Å². The minimum Gasteiger partial charge on any atom is -1.00 e. The van der Waals surface area contributed by atoms with Gasteiger partial charge in [0, 0.05) is 24.5 Å². The smallest absolute Gasteiger partial charge is 0.0302 e. The number of halogens is 2.